The fraction of sp³-hybridized carbons (Fsp3) is 0.467. The molecule has 1 aliphatic carbocycles. The predicted octanol–water partition coefficient (Wildman–Crippen LogP) is 3.66. The van der Waals surface area contributed by atoms with Crippen LogP contribution in [0.15, 0.2) is 24.3 Å². The quantitative estimate of drug-likeness (QED) is 0.739. The van der Waals surface area contributed by atoms with Gasteiger partial charge in [-0.3, -0.25) is 0 Å². The maximum absolute atomic E-state index is 5.40. The van der Waals surface area contributed by atoms with Gasteiger partial charge in [0.2, 0.25) is 0 Å². The summed E-state index contributed by atoms with van der Waals surface area (Å²) in [4.78, 5) is 0. The van der Waals surface area contributed by atoms with Crippen LogP contribution >= 0.6 is 0 Å². The van der Waals surface area contributed by atoms with Gasteiger partial charge in [-0.25, -0.2) is 0 Å². The first-order valence-electron chi connectivity index (χ1n) is 6.13. The highest BCUT2D eigenvalue weighted by molar-refractivity contribution is 5.50. The molecule has 0 spiro atoms. The molecule has 1 aliphatic rings. The number of hydrogen-bond donors (Lipinski definition) is 1. The maximum Gasteiger partial charge on any atom is 0.0354 e. The molecule has 1 nitrogen and oxygen atoms in total. The zero-order chi connectivity index (χ0) is 11.4. The molecule has 0 bridgehead atoms. The van der Waals surface area contributed by atoms with E-state index in [0.717, 1.165) is 17.2 Å². The number of hydrogen-bond acceptors (Lipinski definition) is 1. The molecule has 16 heavy (non-hydrogen) atoms. The molecular weight excluding hydrogens is 194 g/mol. The van der Waals surface area contributed by atoms with Crippen molar-refractivity contribution in [3.8, 4) is 12.3 Å². The second-order valence-corrected chi connectivity index (χ2v) is 4.74. The van der Waals surface area contributed by atoms with E-state index < -0.39 is 0 Å². The first kappa shape index (κ1) is 11.1. The number of terminal acetylenes is 1. The molecule has 2 rings (SSSR count). The second kappa shape index (κ2) is 5.07. The van der Waals surface area contributed by atoms with E-state index in [1.807, 2.05) is 12.1 Å². The van der Waals surface area contributed by atoms with Gasteiger partial charge in [-0.1, -0.05) is 31.8 Å². The number of rotatable bonds is 2. The highest BCUT2D eigenvalue weighted by atomic mass is 14.9. The van der Waals surface area contributed by atoms with Gasteiger partial charge in [0.15, 0.2) is 0 Å². The normalized spacial score (nSPS) is 24.8. The minimum absolute atomic E-state index is 0.613. The molecule has 0 aromatic heterocycles. The zero-order valence-corrected chi connectivity index (χ0v) is 9.87. The SMILES string of the molecule is C#Cc1cccc(N[C@@H]2CCCC[C@H]2C)c1. The molecule has 1 aromatic rings. The highest BCUT2D eigenvalue weighted by Crippen LogP contribution is 2.26. The summed E-state index contributed by atoms with van der Waals surface area (Å²) in [5, 5.41) is 3.61. The van der Waals surface area contributed by atoms with Crippen LogP contribution in [0, 0.1) is 18.3 Å². The van der Waals surface area contributed by atoms with Crippen molar-refractivity contribution in [2.45, 2.75) is 38.6 Å². The third-order valence-corrected chi connectivity index (χ3v) is 3.49. The first-order chi connectivity index (χ1) is 7.79. The van der Waals surface area contributed by atoms with Crippen LogP contribution in [0.3, 0.4) is 0 Å². The van der Waals surface area contributed by atoms with E-state index in [2.05, 4.69) is 30.3 Å². The topological polar surface area (TPSA) is 12.0 Å². The molecule has 0 radical (unpaired) electrons. The number of benzene rings is 1. The Balaban J connectivity index is 2.05. The average molecular weight is 213 g/mol. The van der Waals surface area contributed by atoms with E-state index in [9.17, 15) is 0 Å². The van der Waals surface area contributed by atoms with Crippen LogP contribution in [0.2, 0.25) is 0 Å². The Morgan fingerprint density at radius 1 is 1.31 bits per heavy atom. The first-order valence-corrected chi connectivity index (χ1v) is 6.13. The number of anilines is 1. The van der Waals surface area contributed by atoms with Gasteiger partial charge in [-0.15, -0.1) is 6.42 Å². The Labute approximate surface area is 98.3 Å². The van der Waals surface area contributed by atoms with E-state index in [1.54, 1.807) is 0 Å². The summed E-state index contributed by atoms with van der Waals surface area (Å²) in [6.07, 6.45) is 10.7. The fourth-order valence-electron chi connectivity index (χ4n) is 2.44. The summed E-state index contributed by atoms with van der Waals surface area (Å²) < 4.78 is 0. The molecule has 0 heterocycles. The van der Waals surface area contributed by atoms with Crippen molar-refractivity contribution in [2.24, 2.45) is 5.92 Å². The van der Waals surface area contributed by atoms with Crippen molar-refractivity contribution < 1.29 is 0 Å². The fourth-order valence-corrected chi connectivity index (χ4v) is 2.44. The molecular formula is C15H19N. The van der Waals surface area contributed by atoms with Crippen LogP contribution < -0.4 is 5.32 Å². The van der Waals surface area contributed by atoms with Gasteiger partial charge in [0, 0.05) is 17.3 Å². The summed E-state index contributed by atoms with van der Waals surface area (Å²) in [7, 11) is 0. The Hall–Kier alpha value is -1.42. The molecule has 0 saturated heterocycles. The lowest BCUT2D eigenvalue weighted by atomic mass is 9.86. The molecule has 1 fully saturated rings. The molecule has 0 unspecified atom stereocenters. The van der Waals surface area contributed by atoms with Gasteiger partial charge in [0.05, 0.1) is 0 Å². The van der Waals surface area contributed by atoms with E-state index in [4.69, 9.17) is 6.42 Å². The van der Waals surface area contributed by atoms with Crippen molar-refractivity contribution in [3.63, 3.8) is 0 Å². The summed E-state index contributed by atoms with van der Waals surface area (Å²) in [6.45, 7) is 2.34. The third-order valence-electron chi connectivity index (χ3n) is 3.49. The third kappa shape index (κ3) is 2.58. The Kier molecular flexibility index (Phi) is 3.51. The minimum atomic E-state index is 0.613. The van der Waals surface area contributed by atoms with Gasteiger partial charge >= 0.3 is 0 Å². The molecule has 1 N–H and O–H groups in total. The zero-order valence-electron chi connectivity index (χ0n) is 9.87. The van der Waals surface area contributed by atoms with Crippen molar-refractivity contribution in [1.29, 1.82) is 0 Å². The van der Waals surface area contributed by atoms with E-state index in [-0.39, 0.29) is 0 Å². The summed E-state index contributed by atoms with van der Waals surface area (Å²) in [5.74, 6) is 3.44. The monoisotopic (exact) mass is 213 g/mol. The molecule has 84 valence electrons. The van der Waals surface area contributed by atoms with Gasteiger partial charge in [-0.2, -0.15) is 0 Å². The average Bonchev–Trinajstić information content (AvgIpc) is 2.32. The van der Waals surface area contributed by atoms with E-state index in [0.29, 0.717) is 6.04 Å². The minimum Gasteiger partial charge on any atom is -0.382 e. The molecule has 1 heteroatoms. The lowest BCUT2D eigenvalue weighted by molar-refractivity contribution is 0.349. The van der Waals surface area contributed by atoms with Gasteiger partial charge in [0.25, 0.3) is 0 Å². The van der Waals surface area contributed by atoms with Gasteiger partial charge in [0.1, 0.15) is 0 Å². The Bertz CT molecular complexity index is 389. The molecule has 0 aliphatic heterocycles. The summed E-state index contributed by atoms with van der Waals surface area (Å²) >= 11 is 0. The van der Waals surface area contributed by atoms with Gasteiger partial charge in [-0.05, 0) is 37.0 Å². The molecule has 2 atom stereocenters. The lowest BCUT2D eigenvalue weighted by Crippen LogP contribution is -2.30. The predicted molar refractivity (Wildman–Crippen MR) is 69.4 cm³/mol. The van der Waals surface area contributed by atoms with Crippen LogP contribution in [0.4, 0.5) is 5.69 Å². The molecule has 0 amide bonds. The van der Waals surface area contributed by atoms with Crippen molar-refractivity contribution in [1.82, 2.24) is 0 Å². The Morgan fingerprint density at radius 3 is 2.88 bits per heavy atom. The Morgan fingerprint density at radius 2 is 2.12 bits per heavy atom. The van der Waals surface area contributed by atoms with Crippen LogP contribution in [0.25, 0.3) is 0 Å². The maximum atomic E-state index is 5.40. The van der Waals surface area contributed by atoms with Crippen LogP contribution in [0.5, 0.6) is 0 Å². The van der Waals surface area contributed by atoms with Crippen LogP contribution in [0.1, 0.15) is 38.2 Å². The van der Waals surface area contributed by atoms with Crippen LogP contribution in [-0.2, 0) is 0 Å². The van der Waals surface area contributed by atoms with E-state index >= 15 is 0 Å². The standard InChI is InChI=1S/C15H19N/c1-3-13-8-6-9-14(11-13)16-15-10-5-4-7-12(15)2/h1,6,8-9,11-12,15-16H,4-5,7,10H2,2H3/t12-,15-/m1/s1. The lowest BCUT2D eigenvalue weighted by Gasteiger charge is -2.30. The molecule has 1 saturated carbocycles. The smallest absolute Gasteiger partial charge is 0.0354 e. The van der Waals surface area contributed by atoms with Crippen LogP contribution in [-0.4, -0.2) is 6.04 Å². The highest BCUT2D eigenvalue weighted by Gasteiger charge is 2.20. The number of nitrogens with one attached hydrogen (secondary N) is 1. The van der Waals surface area contributed by atoms with Crippen molar-refractivity contribution in [3.05, 3.63) is 29.8 Å². The van der Waals surface area contributed by atoms with Crippen molar-refractivity contribution in [2.75, 3.05) is 5.32 Å². The second-order valence-electron chi connectivity index (χ2n) is 4.74. The molecule has 1 aromatic carbocycles. The van der Waals surface area contributed by atoms with Crippen molar-refractivity contribution >= 4 is 5.69 Å². The largest absolute Gasteiger partial charge is 0.382 e. The van der Waals surface area contributed by atoms with E-state index in [1.165, 1.54) is 25.7 Å². The summed E-state index contributed by atoms with van der Waals surface area (Å²) in [5.41, 5.74) is 2.11. The van der Waals surface area contributed by atoms with Gasteiger partial charge < -0.3 is 5.32 Å². The summed E-state index contributed by atoms with van der Waals surface area (Å²) in [6, 6.07) is 8.76.